The van der Waals surface area contributed by atoms with Gasteiger partial charge in [0.2, 0.25) is 11.8 Å². The third-order valence-electron chi connectivity index (χ3n) is 4.85. The second-order valence-corrected chi connectivity index (χ2v) is 6.63. The Bertz CT molecular complexity index is 850. The van der Waals surface area contributed by atoms with Crippen molar-refractivity contribution in [1.29, 1.82) is 0 Å². The van der Waals surface area contributed by atoms with Crippen LogP contribution >= 0.6 is 0 Å². The van der Waals surface area contributed by atoms with Crippen LogP contribution in [0.2, 0.25) is 0 Å². The maximum absolute atomic E-state index is 12.8. The molecule has 2 aromatic rings. The Morgan fingerprint density at radius 1 is 1.07 bits per heavy atom. The van der Waals surface area contributed by atoms with Crippen LogP contribution in [0.25, 0.3) is 0 Å². The van der Waals surface area contributed by atoms with E-state index in [1.54, 1.807) is 24.3 Å². The standard InChI is InChI=1S/C21H22N2O4/c1-15(24)22(12-11-16-7-3-2-4-8-16)14-20(25)23-13-18(21(26)27)17-9-5-6-10-19(17)23/h2-10,18H,11-14H2,1H3,(H,26,27). The van der Waals surface area contributed by atoms with E-state index in [2.05, 4.69) is 0 Å². The molecule has 6 nitrogen and oxygen atoms in total. The average molecular weight is 366 g/mol. The number of carboxylic acid groups (broad SMARTS) is 1. The number of carbonyl (C=O) groups is 3. The first-order valence-electron chi connectivity index (χ1n) is 8.89. The lowest BCUT2D eigenvalue weighted by Crippen LogP contribution is -2.43. The summed E-state index contributed by atoms with van der Waals surface area (Å²) in [6.07, 6.45) is 0.655. The van der Waals surface area contributed by atoms with Crippen LogP contribution in [0.15, 0.2) is 54.6 Å². The van der Waals surface area contributed by atoms with Gasteiger partial charge < -0.3 is 14.9 Å². The van der Waals surface area contributed by atoms with Gasteiger partial charge in [0.1, 0.15) is 12.5 Å². The molecule has 27 heavy (non-hydrogen) atoms. The Labute approximate surface area is 158 Å². The summed E-state index contributed by atoms with van der Waals surface area (Å²) < 4.78 is 0. The third-order valence-corrected chi connectivity index (χ3v) is 4.85. The number of rotatable bonds is 6. The van der Waals surface area contributed by atoms with Crippen LogP contribution in [-0.4, -0.2) is 47.4 Å². The summed E-state index contributed by atoms with van der Waals surface area (Å²) in [7, 11) is 0. The van der Waals surface area contributed by atoms with Crippen LogP contribution in [-0.2, 0) is 20.8 Å². The van der Waals surface area contributed by atoms with Crippen LogP contribution in [0, 0.1) is 0 Å². The van der Waals surface area contributed by atoms with Crippen LogP contribution in [0.4, 0.5) is 5.69 Å². The van der Waals surface area contributed by atoms with Gasteiger partial charge in [-0.1, -0.05) is 48.5 Å². The average Bonchev–Trinajstić information content (AvgIpc) is 3.05. The van der Waals surface area contributed by atoms with Crippen molar-refractivity contribution < 1.29 is 19.5 Å². The zero-order valence-corrected chi connectivity index (χ0v) is 15.2. The first-order valence-corrected chi connectivity index (χ1v) is 8.89. The van der Waals surface area contributed by atoms with Crippen molar-refractivity contribution in [3.05, 3.63) is 65.7 Å². The molecule has 0 bridgehead atoms. The molecule has 2 amide bonds. The van der Waals surface area contributed by atoms with Gasteiger partial charge in [0.25, 0.3) is 0 Å². The Kier molecular flexibility index (Phi) is 5.54. The molecule has 0 spiro atoms. The van der Waals surface area contributed by atoms with Gasteiger partial charge in [-0.15, -0.1) is 0 Å². The fraction of sp³-hybridized carbons (Fsp3) is 0.286. The molecule has 1 heterocycles. The van der Waals surface area contributed by atoms with Crippen LogP contribution in [0.3, 0.4) is 0 Å². The maximum atomic E-state index is 12.8. The molecule has 3 rings (SSSR count). The van der Waals surface area contributed by atoms with E-state index in [4.69, 9.17) is 0 Å². The summed E-state index contributed by atoms with van der Waals surface area (Å²) in [6.45, 7) is 1.90. The molecule has 6 heteroatoms. The van der Waals surface area contributed by atoms with Crippen molar-refractivity contribution in [2.75, 3.05) is 24.5 Å². The number of amides is 2. The Morgan fingerprint density at radius 2 is 1.74 bits per heavy atom. The summed E-state index contributed by atoms with van der Waals surface area (Å²) in [6, 6.07) is 16.8. The topological polar surface area (TPSA) is 77.9 Å². The lowest BCUT2D eigenvalue weighted by atomic mass is 10.0. The monoisotopic (exact) mass is 366 g/mol. The number of fused-ring (bicyclic) bond motifs is 1. The first-order chi connectivity index (χ1) is 13.0. The number of hydrogen-bond donors (Lipinski definition) is 1. The van der Waals surface area contributed by atoms with E-state index in [1.807, 2.05) is 30.3 Å². The fourth-order valence-corrected chi connectivity index (χ4v) is 3.36. The largest absolute Gasteiger partial charge is 0.481 e. The summed E-state index contributed by atoms with van der Waals surface area (Å²) in [5.74, 6) is -2.14. The van der Waals surface area contributed by atoms with E-state index < -0.39 is 11.9 Å². The van der Waals surface area contributed by atoms with Crippen molar-refractivity contribution in [3.8, 4) is 0 Å². The fourth-order valence-electron chi connectivity index (χ4n) is 3.36. The number of carboxylic acids is 1. The van der Waals surface area contributed by atoms with Crippen molar-refractivity contribution in [1.82, 2.24) is 4.90 Å². The van der Waals surface area contributed by atoms with Gasteiger partial charge in [0.15, 0.2) is 0 Å². The van der Waals surface area contributed by atoms with Crippen molar-refractivity contribution in [3.63, 3.8) is 0 Å². The lowest BCUT2D eigenvalue weighted by molar-refractivity contribution is -0.138. The van der Waals surface area contributed by atoms with Gasteiger partial charge in [-0.2, -0.15) is 0 Å². The Hall–Kier alpha value is -3.15. The molecule has 1 aliphatic rings. The molecular formula is C21H22N2O4. The minimum atomic E-state index is -0.953. The summed E-state index contributed by atoms with van der Waals surface area (Å²) >= 11 is 0. The SMILES string of the molecule is CC(=O)N(CCc1ccccc1)CC(=O)N1CC(C(=O)O)c2ccccc21. The maximum Gasteiger partial charge on any atom is 0.312 e. The molecule has 1 aliphatic heterocycles. The highest BCUT2D eigenvalue weighted by Gasteiger charge is 2.36. The molecule has 140 valence electrons. The molecule has 1 N–H and O–H groups in total. The predicted octanol–water partition coefficient (Wildman–Crippen LogP) is 2.29. The van der Waals surface area contributed by atoms with E-state index >= 15 is 0 Å². The Morgan fingerprint density at radius 3 is 2.41 bits per heavy atom. The Balaban J connectivity index is 1.71. The highest BCUT2D eigenvalue weighted by atomic mass is 16.4. The number of anilines is 1. The smallest absolute Gasteiger partial charge is 0.312 e. The van der Waals surface area contributed by atoms with Gasteiger partial charge in [0.05, 0.1) is 0 Å². The molecule has 0 aromatic heterocycles. The molecule has 0 radical (unpaired) electrons. The van der Waals surface area contributed by atoms with Gasteiger partial charge in [0, 0.05) is 25.7 Å². The number of para-hydroxylation sites is 1. The predicted molar refractivity (Wildman–Crippen MR) is 102 cm³/mol. The summed E-state index contributed by atoms with van der Waals surface area (Å²) in [5.41, 5.74) is 2.34. The molecule has 0 aliphatic carbocycles. The molecule has 2 aromatic carbocycles. The van der Waals surface area contributed by atoms with E-state index in [0.717, 1.165) is 5.56 Å². The molecule has 0 saturated heterocycles. The molecule has 0 fully saturated rings. The van der Waals surface area contributed by atoms with Gasteiger partial charge in [-0.25, -0.2) is 0 Å². The number of hydrogen-bond acceptors (Lipinski definition) is 3. The van der Waals surface area contributed by atoms with E-state index in [1.165, 1.54) is 16.7 Å². The number of aliphatic carboxylic acids is 1. The zero-order chi connectivity index (χ0) is 19.4. The number of benzene rings is 2. The summed E-state index contributed by atoms with van der Waals surface area (Å²) in [5, 5.41) is 9.44. The summed E-state index contributed by atoms with van der Waals surface area (Å²) in [4.78, 5) is 39.3. The van der Waals surface area contributed by atoms with Crippen molar-refractivity contribution in [2.24, 2.45) is 0 Å². The molecule has 1 unspecified atom stereocenters. The van der Waals surface area contributed by atoms with Gasteiger partial charge in [-0.05, 0) is 23.6 Å². The second kappa shape index (κ2) is 8.03. The van der Waals surface area contributed by atoms with Gasteiger partial charge >= 0.3 is 5.97 Å². The minimum Gasteiger partial charge on any atom is -0.481 e. The van der Waals surface area contributed by atoms with Crippen molar-refractivity contribution in [2.45, 2.75) is 19.3 Å². The van der Waals surface area contributed by atoms with Crippen LogP contribution < -0.4 is 4.90 Å². The van der Waals surface area contributed by atoms with Crippen LogP contribution in [0.1, 0.15) is 24.0 Å². The number of carbonyl (C=O) groups excluding carboxylic acids is 2. The number of nitrogens with zero attached hydrogens (tertiary/aromatic N) is 2. The molecule has 0 saturated carbocycles. The van der Waals surface area contributed by atoms with E-state index in [-0.39, 0.29) is 24.9 Å². The second-order valence-electron chi connectivity index (χ2n) is 6.63. The lowest BCUT2D eigenvalue weighted by Gasteiger charge is -2.24. The molecular weight excluding hydrogens is 344 g/mol. The van der Waals surface area contributed by atoms with Crippen LogP contribution in [0.5, 0.6) is 0 Å². The van der Waals surface area contributed by atoms with E-state index in [0.29, 0.717) is 24.2 Å². The van der Waals surface area contributed by atoms with Crippen molar-refractivity contribution >= 4 is 23.5 Å². The van der Waals surface area contributed by atoms with Gasteiger partial charge in [-0.3, -0.25) is 14.4 Å². The molecule has 1 atom stereocenters. The highest BCUT2D eigenvalue weighted by molar-refractivity contribution is 6.01. The third kappa shape index (κ3) is 4.16. The highest BCUT2D eigenvalue weighted by Crippen LogP contribution is 2.36. The normalized spacial score (nSPS) is 15.3. The first kappa shape index (κ1) is 18.6. The zero-order valence-electron chi connectivity index (χ0n) is 15.2. The van der Waals surface area contributed by atoms with E-state index in [9.17, 15) is 19.5 Å². The quantitative estimate of drug-likeness (QED) is 0.851. The minimum absolute atomic E-state index is 0.0666.